The highest BCUT2D eigenvalue weighted by Gasteiger charge is 2.36. The predicted molar refractivity (Wildman–Crippen MR) is 131 cm³/mol. The van der Waals surface area contributed by atoms with Crippen LogP contribution in [0.4, 0.5) is 18.0 Å². The molecule has 0 N–H and O–H groups in total. The predicted octanol–water partition coefficient (Wildman–Crippen LogP) is 7.23. The fourth-order valence-corrected chi connectivity index (χ4v) is 4.76. The minimum Gasteiger partial charge on any atom is -0.491 e. The van der Waals surface area contributed by atoms with E-state index in [1.165, 1.54) is 36.4 Å². The van der Waals surface area contributed by atoms with Gasteiger partial charge in [0, 0.05) is 17.0 Å². The monoisotopic (exact) mass is 509 g/mol. The van der Waals surface area contributed by atoms with E-state index in [4.69, 9.17) is 9.15 Å². The van der Waals surface area contributed by atoms with Gasteiger partial charge in [0.15, 0.2) is 0 Å². The zero-order valence-electron chi connectivity index (χ0n) is 18.6. The molecule has 0 bridgehead atoms. The first kappa shape index (κ1) is 23.7. The van der Waals surface area contributed by atoms with Gasteiger partial charge >= 0.3 is 6.18 Å². The number of hydrogen-bond donors (Lipinski definition) is 0. The van der Waals surface area contributed by atoms with Gasteiger partial charge < -0.3 is 9.15 Å². The third-order valence-electron chi connectivity index (χ3n) is 5.59. The molecule has 1 fully saturated rings. The second kappa shape index (κ2) is 9.58. The number of fused-ring (bicyclic) bond motifs is 1. The molecule has 0 unspecified atom stereocenters. The standard InChI is InChI=1S/C27H18F3NO4S/c28-27(29,30)21-10-4-3-9-20(21)23-13-12-18(35-23)16-24-25(32)31(26(33)36-24)14-15-34-22-11-5-7-17-6-1-2-8-19(17)22/h1-13,16H,14-15H2/b24-16-. The van der Waals surface area contributed by atoms with E-state index < -0.39 is 22.9 Å². The Balaban J connectivity index is 1.28. The van der Waals surface area contributed by atoms with Gasteiger partial charge in [-0.05, 0) is 41.4 Å². The van der Waals surface area contributed by atoms with Gasteiger partial charge in [0.25, 0.3) is 11.1 Å². The second-order valence-corrected chi connectivity index (χ2v) is 8.90. The molecule has 5 rings (SSSR count). The normalized spacial score (nSPS) is 15.3. The van der Waals surface area contributed by atoms with Crippen molar-refractivity contribution in [1.82, 2.24) is 4.90 Å². The summed E-state index contributed by atoms with van der Waals surface area (Å²) in [6.07, 6.45) is -3.18. The minimum atomic E-state index is -4.54. The van der Waals surface area contributed by atoms with E-state index in [1.54, 1.807) is 0 Å². The molecule has 0 spiro atoms. The number of furan rings is 1. The van der Waals surface area contributed by atoms with Gasteiger partial charge in [0.05, 0.1) is 17.0 Å². The van der Waals surface area contributed by atoms with Crippen molar-refractivity contribution in [3.05, 3.63) is 95.1 Å². The van der Waals surface area contributed by atoms with Gasteiger partial charge in [-0.3, -0.25) is 14.5 Å². The van der Waals surface area contributed by atoms with Crippen molar-refractivity contribution in [2.75, 3.05) is 13.2 Å². The van der Waals surface area contributed by atoms with Crippen LogP contribution in [0.5, 0.6) is 5.75 Å². The maximum Gasteiger partial charge on any atom is 0.417 e. The quantitative estimate of drug-likeness (QED) is 0.257. The third-order valence-corrected chi connectivity index (χ3v) is 6.50. The van der Waals surface area contributed by atoms with E-state index in [0.29, 0.717) is 5.75 Å². The molecular weight excluding hydrogens is 491 g/mol. The highest BCUT2D eigenvalue weighted by atomic mass is 32.2. The SMILES string of the molecule is O=C1S/C(=C\c2ccc(-c3ccccc3C(F)(F)F)o2)C(=O)N1CCOc1cccc2ccccc12. The molecule has 1 aromatic heterocycles. The first-order valence-electron chi connectivity index (χ1n) is 10.9. The number of hydrogen-bond acceptors (Lipinski definition) is 5. The van der Waals surface area contributed by atoms with Crippen LogP contribution in [0, 0.1) is 0 Å². The number of carbonyl (C=O) groups excluding carboxylic acids is 2. The Morgan fingerprint density at radius 3 is 2.50 bits per heavy atom. The van der Waals surface area contributed by atoms with Crippen molar-refractivity contribution in [3.8, 4) is 17.1 Å². The van der Waals surface area contributed by atoms with Gasteiger partial charge in [-0.1, -0.05) is 54.6 Å². The molecule has 4 aromatic rings. The first-order chi connectivity index (χ1) is 17.3. The van der Waals surface area contributed by atoms with Crippen LogP contribution < -0.4 is 4.74 Å². The molecule has 5 nitrogen and oxygen atoms in total. The van der Waals surface area contributed by atoms with Crippen LogP contribution in [0.2, 0.25) is 0 Å². The number of nitrogens with zero attached hydrogens (tertiary/aromatic N) is 1. The van der Waals surface area contributed by atoms with Crippen LogP contribution in [0.3, 0.4) is 0 Å². The highest BCUT2D eigenvalue weighted by molar-refractivity contribution is 8.18. The number of imide groups is 1. The Labute approximate surface area is 208 Å². The zero-order chi connectivity index (χ0) is 25.3. The maximum atomic E-state index is 13.3. The smallest absolute Gasteiger partial charge is 0.417 e. The summed E-state index contributed by atoms with van der Waals surface area (Å²) >= 11 is 0.741. The fraction of sp³-hybridized carbons (Fsp3) is 0.111. The van der Waals surface area contributed by atoms with E-state index in [-0.39, 0.29) is 35.1 Å². The number of ether oxygens (including phenoxy) is 1. The summed E-state index contributed by atoms with van der Waals surface area (Å²) in [5, 5.41) is 1.48. The lowest BCUT2D eigenvalue weighted by atomic mass is 10.1. The van der Waals surface area contributed by atoms with Gasteiger partial charge in [-0.15, -0.1) is 0 Å². The Morgan fingerprint density at radius 1 is 0.917 bits per heavy atom. The summed E-state index contributed by atoms with van der Waals surface area (Å²) in [5.74, 6) is 0.314. The molecule has 3 aromatic carbocycles. The molecule has 2 amide bonds. The van der Waals surface area contributed by atoms with Gasteiger partial charge in [-0.2, -0.15) is 13.2 Å². The molecule has 36 heavy (non-hydrogen) atoms. The summed E-state index contributed by atoms with van der Waals surface area (Å²) in [6, 6.07) is 21.3. The molecule has 182 valence electrons. The van der Waals surface area contributed by atoms with Crippen molar-refractivity contribution in [2.45, 2.75) is 6.18 Å². The molecule has 9 heteroatoms. The van der Waals surface area contributed by atoms with E-state index in [0.717, 1.165) is 33.5 Å². The van der Waals surface area contributed by atoms with E-state index >= 15 is 0 Å². The van der Waals surface area contributed by atoms with E-state index in [1.807, 2.05) is 42.5 Å². The lowest BCUT2D eigenvalue weighted by molar-refractivity contribution is -0.137. The highest BCUT2D eigenvalue weighted by Crippen LogP contribution is 2.38. The number of amides is 2. The van der Waals surface area contributed by atoms with E-state index in [9.17, 15) is 22.8 Å². The van der Waals surface area contributed by atoms with Gasteiger partial charge in [-0.25, -0.2) is 0 Å². The average Bonchev–Trinajstić information content (AvgIpc) is 3.43. The number of alkyl halides is 3. The largest absolute Gasteiger partial charge is 0.491 e. The van der Waals surface area contributed by atoms with Gasteiger partial charge in [0.2, 0.25) is 0 Å². The van der Waals surface area contributed by atoms with Crippen LogP contribution in [0.15, 0.2) is 88.2 Å². The summed E-state index contributed by atoms with van der Waals surface area (Å²) in [7, 11) is 0. The van der Waals surface area contributed by atoms with Crippen LogP contribution in [-0.4, -0.2) is 29.2 Å². The second-order valence-electron chi connectivity index (χ2n) is 7.90. The average molecular weight is 510 g/mol. The number of halogens is 3. The zero-order valence-corrected chi connectivity index (χ0v) is 19.4. The number of thioether (sulfide) groups is 1. The first-order valence-corrected chi connectivity index (χ1v) is 11.8. The Kier molecular flexibility index (Phi) is 6.32. The molecular formula is C27H18F3NO4S. The Morgan fingerprint density at radius 2 is 1.67 bits per heavy atom. The Hall–Kier alpha value is -3.98. The molecule has 0 radical (unpaired) electrons. The lowest BCUT2D eigenvalue weighted by Crippen LogP contribution is -2.32. The molecule has 0 saturated carbocycles. The fourth-order valence-electron chi connectivity index (χ4n) is 3.91. The molecule has 2 heterocycles. The summed E-state index contributed by atoms with van der Waals surface area (Å²) in [5.41, 5.74) is -0.930. The van der Waals surface area contributed by atoms with Gasteiger partial charge in [0.1, 0.15) is 23.9 Å². The summed E-state index contributed by atoms with van der Waals surface area (Å²) < 4.78 is 51.4. The van der Waals surface area contributed by atoms with Crippen molar-refractivity contribution in [2.24, 2.45) is 0 Å². The summed E-state index contributed by atoms with van der Waals surface area (Å²) in [6.45, 7) is 0.159. The van der Waals surface area contributed by atoms with Crippen molar-refractivity contribution in [3.63, 3.8) is 0 Å². The molecule has 0 aliphatic carbocycles. The van der Waals surface area contributed by atoms with Crippen LogP contribution in [0.1, 0.15) is 11.3 Å². The van der Waals surface area contributed by atoms with E-state index in [2.05, 4.69) is 0 Å². The number of carbonyl (C=O) groups is 2. The van der Waals surface area contributed by atoms with Crippen molar-refractivity contribution in [1.29, 1.82) is 0 Å². The molecule has 1 aliphatic heterocycles. The number of rotatable bonds is 6. The molecule has 1 aliphatic rings. The summed E-state index contributed by atoms with van der Waals surface area (Å²) in [4.78, 5) is 26.4. The lowest BCUT2D eigenvalue weighted by Gasteiger charge is -2.14. The maximum absolute atomic E-state index is 13.3. The molecule has 1 saturated heterocycles. The minimum absolute atomic E-state index is 0.0110. The van der Waals surface area contributed by atoms with Crippen molar-refractivity contribution < 1.29 is 31.9 Å². The molecule has 0 atom stereocenters. The van der Waals surface area contributed by atoms with Crippen LogP contribution in [0.25, 0.3) is 28.2 Å². The van der Waals surface area contributed by atoms with Crippen molar-refractivity contribution >= 4 is 39.8 Å². The topological polar surface area (TPSA) is 59.8 Å². The number of benzene rings is 3. The Bertz CT molecular complexity index is 1490. The van der Waals surface area contributed by atoms with Crippen LogP contribution in [-0.2, 0) is 11.0 Å². The van der Waals surface area contributed by atoms with Crippen LogP contribution >= 0.6 is 11.8 Å². The third kappa shape index (κ3) is 4.74.